The van der Waals surface area contributed by atoms with E-state index in [4.69, 9.17) is 9.47 Å². The Bertz CT molecular complexity index is 449. The summed E-state index contributed by atoms with van der Waals surface area (Å²) in [7, 11) is 2.86. The Morgan fingerprint density at radius 2 is 1.83 bits per heavy atom. The molecular weight excluding hydrogens is 234 g/mol. The van der Waals surface area contributed by atoms with Gasteiger partial charge in [0.1, 0.15) is 0 Å². The molecule has 0 aliphatic heterocycles. The number of hydrogen-bond acceptors (Lipinski definition) is 4. The van der Waals surface area contributed by atoms with Gasteiger partial charge in [-0.1, -0.05) is 20.8 Å². The third-order valence-electron chi connectivity index (χ3n) is 2.45. The summed E-state index contributed by atoms with van der Waals surface area (Å²) in [6.45, 7) is 5.41. The van der Waals surface area contributed by atoms with Gasteiger partial charge in [0.15, 0.2) is 11.5 Å². The summed E-state index contributed by atoms with van der Waals surface area (Å²) >= 11 is 0. The van der Waals surface area contributed by atoms with Gasteiger partial charge in [0.25, 0.3) is 0 Å². The van der Waals surface area contributed by atoms with Crippen LogP contribution in [-0.4, -0.2) is 25.2 Å². The van der Waals surface area contributed by atoms with E-state index in [-0.39, 0.29) is 17.4 Å². The number of anilines is 1. The third kappa shape index (κ3) is 2.85. The maximum atomic E-state index is 11.9. The van der Waals surface area contributed by atoms with Gasteiger partial charge >= 0.3 is 0 Å². The summed E-state index contributed by atoms with van der Waals surface area (Å²) in [6.07, 6.45) is 0. The number of benzene rings is 1. The zero-order valence-corrected chi connectivity index (χ0v) is 11.3. The number of carbonyl (C=O) groups excluding carboxylic acids is 1. The van der Waals surface area contributed by atoms with Crippen molar-refractivity contribution in [3.05, 3.63) is 12.1 Å². The summed E-state index contributed by atoms with van der Waals surface area (Å²) in [4.78, 5) is 11.9. The predicted octanol–water partition coefficient (Wildman–Crippen LogP) is 2.39. The minimum Gasteiger partial charge on any atom is -0.502 e. The highest BCUT2D eigenvalue weighted by Crippen LogP contribution is 2.42. The topological polar surface area (TPSA) is 67.8 Å². The van der Waals surface area contributed by atoms with Crippen LogP contribution in [0.1, 0.15) is 20.8 Å². The Hall–Kier alpha value is -1.91. The molecule has 0 aliphatic rings. The lowest BCUT2D eigenvalue weighted by molar-refractivity contribution is -0.123. The normalized spacial score (nSPS) is 10.9. The number of carbonyl (C=O) groups is 1. The van der Waals surface area contributed by atoms with Crippen molar-refractivity contribution >= 4 is 11.6 Å². The number of hydrogen-bond donors (Lipinski definition) is 2. The number of rotatable bonds is 3. The first-order valence-electron chi connectivity index (χ1n) is 5.56. The van der Waals surface area contributed by atoms with Gasteiger partial charge < -0.3 is 19.9 Å². The molecule has 0 atom stereocenters. The molecule has 1 amide bonds. The number of ether oxygens (including phenoxy) is 2. The van der Waals surface area contributed by atoms with E-state index in [1.165, 1.54) is 14.2 Å². The average Bonchev–Trinajstić information content (AvgIpc) is 2.28. The van der Waals surface area contributed by atoms with Crippen molar-refractivity contribution in [2.75, 3.05) is 19.5 Å². The molecule has 0 aliphatic carbocycles. The summed E-state index contributed by atoms with van der Waals surface area (Å²) in [5, 5.41) is 12.6. The van der Waals surface area contributed by atoms with E-state index in [0.717, 1.165) is 0 Å². The van der Waals surface area contributed by atoms with Crippen LogP contribution in [0, 0.1) is 5.41 Å². The van der Waals surface area contributed by atoms with Crippen LogP contribution in [-0.2, 0) is 4.79 Å². The van der Waals surface area contributed by atoms with Crippen LogP contribution in [0.4, 0.5) is 5.69 Å². The lowest BCUT2D eigenvalue weighted by Crippen LogP contribution is -2.27. The van der Waals surface area contributed by atoms with E-state index >= 15 is 0 Å². The predicted molar refractivity (Wildman–Crippen MR) is 69.3 cm³/mol. The van der Waals surface area contributed by atoms with Gasteiger partial charge in [-0.05, 0) is 12.1 Å². The quantitative estimate of drug-likeness (QED) is 0.868. The fourth-order valence-corrected chi connectivity index (χ4v) is 1.33. The smallest absolute Gasteiger partial charge is 0.229 e. The Morgan fingerprint density at radius 1 is 1.22 bits per heavy atom. The summed E-state index contributed by atoms with van der Waals surface area (Å²) in [5.74, 6) is 0.185. The van der Waals surface area contributed by atoms with Crippen LogP contribution in [0.3, 0.4) is 0 Å². The molecule has 2 N–H and O–H groups in total. The maximum absolute atomic E-state index is 11.9. The molecule has 1 rings (SSSR count). The largest absolute Gasteiger partial charge is 0.502 e. The number of methoxy groups -OCH3 is 2. The summed E-state index contributed by atoms with van der Waals surface area (Å²) in [5.41, 5.74) is -0.115. The molecule has 1 aromatic carbocycles. The number of amides is 1. The van der Waals surface area contributed by atoms with Crippen LogP contribution in [0.5, 0.6) is 17.2 Å². The molecule has 5 heteroatoms. The molecular formula is C13H19NO4. The summed E-state index contributed by atoms with van der Waals surface area (Å²) < 4.78 is 10.1. The molecule has 0 spiro atoms. The van der Waals surface area contributed by atoms with E-state index in [1.807, 2.05) is 0 Å². The molecule has 0 fully saturated rings. The van der Waals surface area contributed by atoms with E-state index in [0.29, 0.717) is 11.4 Å². The molecule has 0 radical (unpaired) electrons. The van der Waals surface area contributed by atoms with Crippen LogP contribution >= 0.6 is 0 Å². The van der Waals surface area contributed by atoms with Gasteiger partial charge in [-0.3, -0.25) is 4.79 Å². The highest BCUT2D eigenvalue weighted by atomic mass is 16.5. The molecule has 1 aromatic rings. The lowest BCUT2D eigenvalue weighted by atomic mass is 9.95. The van der Waals surface area contributed by atoms with Gasteiger partial charge in [0.2, 0.25) is 11.7 Å². The SMILES string of the molecule is COc1ccc(NC(=O)C(C)(C)C)c(OC)c1O. The Labute approximate surface area is 107 Å². The first-order chi connectivity index (χ1) is 8.31. The van der Waals surface area contributed by atoms with E-state index in [9.17, 15) is 9.90 Å². The van der Waals surface area contributed by atoms with Crippen molar-refractivity contribution in [2.45, 2.75) is 20.8 Å². The standard InChI is InChI=1S/C13H19NO4/c1-13(2,3)12(16)14-8-6-7-9(17-4)10(15)11(8)18-5/h6-7,15H,1-5H3,(H,14,16). The number of phenolic OH excluding ortho intramolecular Hbond substituents is 1. The van der Waals surface area contributed by atoms with Crippen molar-refractivity contribution in [1.29, 1.82) is 0 Å². The second-order valence-electron chi connectivity index (χ2n) is 4.90. The minimum absolute atomic E-state index is 0.133. The van der Waals surface area contributed by atoms with Crippen LogP contribution in [0.15, 0.2) is 12.1 Å². The van der Waals surface area contributed by atoms with E-state index in [2.05, 4.69) is 5.32 Å². The van der Waals surface area contributed by atoms with E-state index in [1.54, 1.807) is 32.9 Å². The summed E-state index contributed by atoms with van der Waals surface area (Å²) in [6, 6.07) is 3.19. The first kappa shape index (κ1) is 14.2. The molecule has 5 nitrogen and oxygen atoms in total. The molecule has 0 aromatic heterocycles. The maximum Gasteiger partial charge on any atom is 0.229 e. The van der Waals surface area contributed by atoms with Crippen LogP contribution < -0.4 is 14.8 Å². The number of phenols is 1. The van der Waals surface area contributed by atoms with Crippen molar-refractivity contribution in [3.8, 4) is 17.2 Å². The minimum atomic E-state index is -0.527. The lowest BCUT2D eigenvalue weighted by Gasteiger charge is -2.19. The molecule has 0 saturated heterocycles. The zero-order chi connectivity index (χ0) is 13.9. The van der Waals surface area contributed by atoms with Crippen molar-refractivity contribution in [3.63, 3.8) is 0 Å². The monoisotopic (exact) mass is 253 g/mol. The van der Waals surface area contributed by atoms with E-state index < -0.39 is 5.41 Å². The first-order valence-corrected chi connectivity index (χ1v) is 5.56. The van der Waals surface area contributed by atoms with Gasteiger partial charge in [-0.25, -0.2) is 0 Å². The fourth-order valence-electron chi connectivity index (χ4n) is 1.33. The molecule has 100 valence electrons. The van der Waals surface area contributed by atoms with Crippen molar-refractivity contribution in [2.24, 2.45) is 5.41 Å². The van der Waals surface area contributed by atoms with Crippen LogP contribution in [0.2, 0.25) is 0 Å². The number of aromatic hydroxyl groups is 1. The highest BCUT2D eigenvalue weighted by molar-refractivity contribution is 5.96. The molecule has 0 unspecified atom stereocenters. The second-order valence-corrected chi connectivity index (χ2v) is 4.90. The van der Waals surface area contributed by atoms with Gasteiger partial charge in [-0.15, -0.1) is 0 Å². The highest BCUT2D eigenvalue weighted by Gasteiger charge is 2.23. The Balaban J connectivity index is 3.11. The Morgan fingerprint density at radius 3 is 2.28 bits per heavy atom. The van der Waals surface area contributed by atoms with Crippen molar-refractivity contribution < 1.29 is 19.4 Å². The molecule has 0 heterocycles. The van der Waals surface area contributed by atoms with Crippen LogP contribution in [0.25, 0.3) is 0 Å². The molecule has 0 bridgehead atoms. The number of nitrogens with one attached hydrogen (secondary N) is 1. The fraction of sp³-hybridized carbons (Fsp3) is 0.462. The van der Waals surface area contributed by atoms with Gasteiger partial charge in [-0.2, -0.15) is 0 Å². The third-order valence-corrected chi connectivity index (χ3v) is 2.45. The van der Waals surface area contributed by atoms with Gasteiger partial charge in [0.05, 0.1) is 19.9 Å². The second kappa shape index (κ2) is 5.16. The Kier molecular flexibility index (Phi) is 4.06. The van der Waals surface area contributed by atoms with Gasteiger partial charge in [0, 0.05) is 5.41 Å². The molecule has 18 heavy (non-hydrogen) atoms. The average molecular weight is 253 g/mol. The zero-order valence-electron chi connectivity index (χ0n) is 11.3. The molecule has 0 saturated carbocycles. The van der Waals surface area contributed by atoms with Crippen molar-refractivity contribution in [1.82, 2.24) is 0 Å².